The van der Waals surface area contributed by atoms with Crippen molar-refractivity contribution in [2.75, 3.05) is 0 Å². The van der Waals surface area contributed by atoms with Crippen LogP contribution in [0.2, 0.25) is 5.02 Å². The zero-order valence-electron chi connectivity index (χ0n) is 14.6. The highest BCUT2D eigenvalue weighted by Crippen LogP contribution is 2.30. The summed E-state index contributed by atoms with van der Waals surface area (Å²) >= 11 is 7.45. The lowest BCUT2D eigenvalue weighted by Gasteiger charge is -2.20. The van der Waals surface area contributed by atoms with Crippen LogP contribution in [0.4, 0.5) is 0 Å². The van der Waals surface area contributed by atoms with Crippen LogP contribution >= 0.6 is 23.4 Å². The van der Waals surface area contributed by atoms with Crippen molar-refractivity contribution in [2.45, 2.75) is 56.7 Å². The Morgan fingerprint density at radius 3 is 2.60 bits per heavy atom. The Morgan fingerprint density at radius 2 is 2.00 bits per heavy atom. The molecular formula is C17H23ClN4O2S. The van der Waals surface area contributed by atoms with Gasteiger partial charge in [-0.25, -0.2) is 0 Å². The Labute approximate surface area is 157 Å². The number of benzene rings is 1. The number of ether oxygens (including phenoxy) is 1. The van der Waals surface area contributed by atoms with E-state index in [1.54, 1.807) is 13.0 Å². The highest BCUT2D eigenvalue weighted by Gasteiger charge is 2.22. The fourth-order valence-corrected chi connectivity index (χ4v) is 3.51. The third kappa shape index (κ3) is 4.89. The van der Waals surface area contributed by atoms with E-state index in [2.05, 4.69) is 24.0 Å². The Bertz CT molecular complexity index is 718. The number of primary amides is 1. The zero-order valence-corrected chi connectivity index (χ0v) is 16.2. The third-order valence-corrected chi connectivity index (χ3v) is 5.31. The normalized spacial score (nSPS) is 12.4. The van der Waals surface area contributed by atoms with Crippen LogP contribution in [0.5, 0.6) is 5.75 Å². The Balaban J connectivity index is 2.26. The molecule has 0 bridgehead atoms. The molecule has 2 rings (SSSR count). The van der Waals surface area contributed by atoms with Crippen molar-refractivity contribution >= 4 is 29.3 Å². The number of nitrogens with two attached hydrogens (primary N) is 1. The van der Waals surface area contributed by atoms with Gasteiger partial charge >= 0.3 is 0 Å². The molecule has 1 atom stereocenters. The van der Waals surface area contributed by atoms with Crippen LogP contribution in [0.3, 0.4) is 0 Å². The number of para-hydroxylation sites is 1. The Morgan fingerprint density at radius 1 is 1.32 bits per heavy atom. The van der Waals surface area contributed by atoms with Crippen LogP contribution in [-0.2, 0) is 11.4 Å². The van der Waals surface area contributed by atoms with Crippen molar-refractivity contribution in [3.05, 3.63) is 35.1 Å². The van der Waals surface area contributed by atoms with E-state index in [0.29, 0.717) is 21.8 Å². The highest BCUT2D eigenvalue weighted by atomic mass is 35.5. The number of amides is 1. The second kappa shape index (κ2) is 9.10. The number of rotatable bonds is 9. The number of carbonyl (C=O) groups is 1. The first kappa shape index (κ1) is 19.6. The van der Waals surface area contributed by atoms with Gasteiger partial charge in [0, 0.05) is 6.04 Å². The molecule has 2 N–H and O–H groups in total. The summed E-state index contributed by atoms with van der Waals surface area (Å²) in [4.78, 5) is 11.4. The zero-order chi connectivity index (χ0) is 18.4. The van der Waals surface area contributed by atoms with E-state index in [9.17, 15) is 4.79 Å². The van der Waals surface area contributed by atoms with Gasteiger partial charge in [-0.1, -0.05) is 49.3 Å². The molecule has 0 aliphatic rings. The maximum atomic E-state index is 11.4. The lowest BCUT2D eigenvalue weighted by Crippen LogP contribution is -2.23. The molecule has 1 aromatic heterocycles. The van der Waals surface area contributed by atoms with E-state index in [1.165, 1.54) is 11.8 Å². The van der Waals surface area contributed by atoms with Gasteiger partial charge in [-0.15, -0.1) is 10.2 Å². The number of carbonyl (C=O) groups excluding carboxylic acids is 1. The summed E-state index contributed by atoms with van der Waals surface area (Å²) in [6.45, 7) is 6.23. The van der Waals surface area contributed by atoms with Crippen LogP contribution < -0.4 is 10.5 Å². The largest absolute Gasteiger partial charge is 0.484 e. The second-order valence-electron chi connectivity index (χ2n) is 5.62. The van der Waals surface area contributed by atoms with Gasteiger partial charge < -0.3 is 15.0 Å². The van der Waals surface area contributed by atoms with Gasteiger partial charge in [0.15, 0.2) is 11.0 Å². The average Bonchev–Trinajstić information content (AvgIpc) is 2.98. The van der Waals surface area contributed by atoms with E-state index in [-0.39, 0.29) is 23.8 Å². The molecule has 8 heteroatoms. The van der Waals surface area contributed by atoms with Crippen molar-refractivity contribution < 1.29 is 9.53 Å². The molecule has 6 nitrogen and oxygen atoms in total. The lowest BCUT2D eigenvalue weighted by molar-refractivity contribution is -0.117. The Hall–Kier alpha value is -1.73. The number of aromatic nitrogens is 3. The molecule has 0 fully saturated rings. The number of halogens is 1. The predicted molar refractivity (Wildman–Crippen MR) is 99.9 cm³/mol. The van der Waals surface area contributed by atoms with E-state index >= 15 is 0 Å². The second-order valence-corrected chi connectivity index (χ2v) is 7.34. The van der Waals surface area contributed by atoms with Crippen LogP contribution in [0, 0.1) is 0 Å². The first-order chi connectivity index (χ1) is 12.0. The minimum Gasteiger partial charge on any atom is -0.484 e. The van der Waals surface area contributed by atoms with Gasteiger partial charge in [0.05, 0.1) is 10.3 Å². The summed E-state index contributed by atoms with van der Waals surface area (Å²) in [7, 11) is 0. The van der Waals surface area contributed by atoms with Crippen LogP contribution in [-0.4, -0.2) is 25.9 Å². The average molecular weight is 383 g/mol. The SMILES string of the molecule is CCC(CC)n1c(COc2ccccc2Cl)nnc1SC(C)C(N)=O. The predicted octanol–water partition coefficient (Wildman–Crippen LogP) is 3.84. The number of thioether (sulfide) groups is 1. The lowest BCUT2D eigenvalue weighted by atomic mass is 10.2. The van der Waals surface area contributed by atoms with E-state index in [0.717, 1.165) is 12.8 Å². The van der Waals surface area contributed by atoms with Crippen molar-refractivity contribution in [3.8, 4) is 5.75 Å². The van der Waals surface area contributed by atoms with Crippen LogP contribution in [0.15, 0.2) is 29.4 Å². The summed E-state index contributed by atoms with van der Waals surface area (Å²) in [5.41, 5.74) is 5.38. The molecule has 1 amide bonds. The molecule has 1 aromatic carbocycles. The van der Waals surface area contributed by atoms with Crippen molar-refractivity contribution in [1.29, 1.82) is 0 Å². The highest BCUT2D eigenvalue weighted by molar-refractivity contribution is 8.00. The topological polar surface area (TPSA) is 83.0 Å². The molecule has 136 valence electrons. The molecule has 0 saturated heterocycles. The number of hydrogen-bond donors (Lipinski definition) is 1. The smallest absolute Gasteiger partial charge is 0.230 e. The van der Waals surface area contributed by atoms with Crippen molar-refractivity contribution in [1.82, 2.24) is 14.8 Å². The summed E-state index contributed by atoms with van der Waals surface area (Å²) < 4.78 is 7.85. The monoisotopic (exact) mass is 382 g/mol. The van der Waals surface area contributed by atoms with Gasteiger partial charge in [-0.3, -0.25) is 4.79 Å². The van der Waals surface area contributed by atoms with Gasteiger partial charge in [-0.05, 0) is 31.9 Å². The summed E-state index contributed by atoms with van der Waals surface area (Å²) in [6.07, 6.45) is 1.85. The molecule has 1 heterocycles. The third-order valence-electron chi connectivity index (χ3n) is 3.92. The number of nitrogens with zero attached hydrogens (tertiary/aromatic N) is 3. The van der Waals surface area contributed by atoms with Crippen molar-refractivity contribution in [3.63, 3.8) is 0 Å². The summed E-state index contributed by atoms with van der Waals surface area (Å²) in [6, 6.07) is 7.52. The molecule has 0 aliphatic heterocycles. The number of hydrogen-bond acceptors (Lipinski definition) is 5. The molecule has 25 heavy (non-hydrogen) atoms. The molecule has 2 aromatic rings. The first-order valence-electron chi connectivity index (χ1n) is 8.24. The molecule has 1 unspecified atom stereocenters. The minimum atomic E-state index is -0.380. The standard InChI is InChI=1S/C17H23ClN4O2S/c1-4-12(5-2)22-15(10-24-14-9-7-6-8-13(14)18)20-21-17(22)25-11(3)16(19)23/h6-9,11-12H,4-5,10H2,1-3H3,(H2,19,23). The molecule has 0 radical (unpaired) electrons. The maximum Gasteiger partial charge on any atom is 0.230 e. The molecular weight excluding hydrogens is 360 g/mol. The molecule has 0 spiro atoms. The van der Waals surface area contributed by atoms with Crippen LogP contribution in [0.25, 0.3) is 0 Å². The maximum absolute atomic E-state index is 11.4. The van der Waals surface area contributed by atoms with E-state index < -0.39 is 0 Å². The Kier molecular flexibility index (Phi) is 7.13. The van der Waals surface area contributed by atoms with Gasteiger partial charge in [0.25, 0.3) is 0 Å². The minimum absolute atomic E-state index is 0.224. The van der Waals surface area contributed by atoms with Gasteiger partial charge in [0.2, 0.25) is 5.91 Å². The quantitative estimate of drug-likeness (QED) is 0.666. The van der Waals surface area contributed by atoms with Gasteiger partial charge in [0.1, 0.15) is 12.4 Å². The fraction of sp³-hybridized carbons (Fsp3) is 0.471. The van der Waals surface area contributed by atoms with E-state index in [4.69, 9.17) is 22.1 Å². The van der Waals surface area contributed by atoms with E-state index in [1.807, 2.05) is 22.8 Å². The fourth-order valence-electron chi connectivity index (χ4n) is 2.43. The summed E-state index contributed by atoms with van der Waals surface area (Å²) in [5.74, 6) is 0.925. The van der Waals surface area contributed by atoms with Crippen molar-refractivity contribution in [2.24, 2.45) is 5.73 Å². The van der Waals surface area contributed by atoms with Gasteiger partial charge in [-0.2, -0.15) is 0 Å². The summed E-state index contributed by atoms with van der Waals surface area (Å²) in [5, 5.41) is 9.35. The van der Waals surface area contributed by atoms with Crippen LogP contribution in [0.1, 0.15) is 45.5 Å². The first-order valence-corrected chi connectivity index (χ1v) is 9.50. The molecule has 0 aliphatic carbocycles. The molecule has 0 saturated carbocycles.